The summed E-state index contributed by atoms with van der Waals surface area (Å²) >= 11 is 0. The molecule has 1 amide bonds. The first-order valence-electron chi connectivity index (χ1n) is 8.67. The minimum absolute atomic E-state index is 0.0118. The van der Waals surface area contributed by atoms with Crippen molar-refractivity contribution >= 4 is 27.3 Å². The molecule has 6 nitrogen and oxygen atoms in total. The molecule has 162 valence electrons. The Morgan fingerprint density at radius 3 is 2.06 bits per heavy atom. The molecule has 0 fully saturated rings. The highest BCUT2D eigenvalue weighted by molar-refractivity contribution is 7.92. The molecule has 0 aliphatic rings. The van der Waals surface area contributed by atoms with Crippen molar-refractivity contribution in [3.63, 3.8) is 0 Å². The maximum atomic E-state index is 13.0. The van der Waals surface area contributed by atoms with E-state index in [1.54, 1.807) is 0 Å². The standard InChI is InChI=1S/C20H15F4N3O3S/c21-14-7-9-15(10-8-14)27-31(29,30)16-11-5-13(6-12-16)19(28)26-25-18-4-2-1-3-17(18)20(22,23)24/h1-12,25,27H,(H,26,28). The molecule has 0 spiro atoms. The van der Waals surface area contributed by atoms with E-state index in [-0.39, 0.29) is 21.8 Å². The summed E-state index contributed by atoms with van der Waals surface area (Å²) in [4.78, 5) is 12.0. The van der Waals surface area contributed by atoms with Crippen molar-refractivity contribution in [2.75, 3.05) is 10.1 Å². The minimum Gasteiger partial charge on any atom is -0.298 e. The number of benzene rings is 3. The summed E-state index contributed by atoms with van der Waals surface area (Å²) in [6.45, 7) is 0. The quantitative estimate of drug-likeness (QED) is 0.381. The van der Waals surface area contributed by atoms with Crippen LogP contribution in [0.15, 0.2) is 77.7 Å². The maximum absolute atomic E-state index is 13.0. The molecule has 31 heavy (non-hydrogen) atoms. The fraction of sp³-hybridized carbons (Fsp3) is 0.0500. The summed E-state index contributed by atoms with van der Waals surface area (Å²) in [6, 6.07) is 14.0. The second-order valence-electron chi connectivity index (χ2n) is 6.26. The third kappa shape index (κ3) is 5.51. The van der Waals surface area contributed by atoms with Crippen LogP contribution >= 0.6 is 0 Å². The molecular weight excluding hydrogens is 438 g/mol. The number of hydrogen-bond acceptors (Lipinski definition) is 4. The number of hydrazine groups is 1. The van der Waals surface area contributed by atoms with E-state index in [1.165, 1.54) is 36.4 Å². The number of nitrogens with one attached hydrogen (secondary N) is 3. The average Bonchev–Trinajstić information content (AvgIpc) is 2.73. The minimum atomic E-state index is -4.61. The van der Waals surface area contributed by atoms with Crippen molar-refractivity contribution in [1.82, 2.24) is 5.43 Å². The van der Waals surface area contributed by atoms with E-state index in [0.29, 0.717) is 0 Å². The van der Waals surface area contributed by atoms with Crippen molar-refractivity contribution in [2.45, 2.75) is 11.1 Å². The Bertz CT molecular complexity index is 1180. The molecule has 3 rings (SSSR count). The molecule has 0 atom stereocenters. The number of carbonyl (C=O) groups is 1. The summed E-state index contributed by atoms with van der Waals surface area (Å²) < 4.78 is 79.0. The highest BCUT2D eigenvalue weighted by Gasteiger charge is 2.33. The molecule has 0 saturated carbocycles. The van der Waals surface area contributed by atoms with Crippen LogP contribution in [0.5, 0.6) is 0 Å². The number of hydrogen-bond donors (Lipinski definition) is 3. The van der Waals surface area contributed by atoms with Gasteiger partial charge in [-0.15, -0.1) is 0 Å². The molecule has 3 N–H and O–H groups in total. The van der Waals surface area contributed by atoms with Crippen molar-refractivity contribution < 1.29 is 30.8 Å². The van der Waals surface area contributed by atoms with Crippen LogP contribution in [0, 0.1) is 5.82 Å². The van der Waals surface area contributed by atoms with Gasteiger partial charge in [-0.05, 0) is 60.7 Å². The Hall–Kier alpha value is -3.60. The highest BCUT2D eigenvalue weighted by atomic mass is 32.2. The number of sulfonamides is 1. The number of para-hydroxylation sites is 1. The number of amides is 1. The van der Waals surface area contributed by atoms with Crippen LogP contribution < -0.4 is 15.6 Å². The Morgan fingerprint density at radius 1 is 0.839 bits per heavy atom. The molecule has 0 heterocycles. The number of carbonyl (C=O) groups excluding carboxylic acids is 1. The molecular formula is C20H15F4N3O3S. The van der Waals surface area contributed by atoms with Crippen LogP contribution in [0.1, 0.15) is 15.9 Å². The molecule has 0 radical (unpaired) electrons. The molecule has 0 aromatic heterocycles. The predicted molar refractivity (Wildman–Crippen MR) is 106 cm³/mol. The zero-order valence-corrected chi connectivity index (χ0v) is 16.4. The van der Waals surface area contributed by atoms with Gasteiger partial charge in [-0.3, -0.25) is 20.4 Å². The Balaban J connectivity index is 1.69. The first-order chi connectivity index (χ1) is 14.6. The van der Waals surface area contributed by atoms with Crippen LogP contribution in [0.2, 0.25) is 0 Å². The fourth-order valence-electron chi connectivity index (χ4n) is 2.55. The number of alkyl halides is 3. The van der Waals surface area contributed by atoms with Crippen LogP contribution in [-0.4, -0.2) is 14.3 Å². The molecule has 0 unspecified atom stereocenters. The van der Waals surface area contributed by atoms with Crippen molar-refractivity contribution in [1.29, 1.82) is 0 Å². The number of anilines is 2. The van der Waals surface area contributed by atoms with E-state index < -0.39 is 33.5 Å². The summed E-state index contributed by atoms with van der Waals surface area (Å²) in [7, 11) is -3.99. The first-order valence-corrected chi connectivity index (χ1v) is 10.2. The molecule has 0 saturated heterocycles. The van der Waals surface area contributed by atoms with E-state index in [9.17, 15) is 30.8 Å². The Kier molecular flexibility index (Phi) is 6.16. The van der Waals surface area contributed by atoms with Gasteiger partial charge in [0.1, 0.15) is 5.82 Å². The molecule has 3 aromatic rings. The largest absolute Gasteiger partial charge is 0.418 e. The Labute approximate surface area is 174 Å². The topological polar surface area (TPSA) is 87.3 Å². The van der Waals surface area contributed by atoms with Gasteiger partial charge >= 0.3 is 6.18 Å². The van der Waals surface area contributed by atoms with Gasteiger partial charge in [-0.25, -0.2) is 12.8 Å². The molecule has 0 aliphatic carbocycles. The summed E-state index contributed by atoms with van der Waals surface area (Å²) in [5.41, 5.74) is 3.22. The third-order valence-corrected chi connectivity index (χ3v) is 5.46. The SMILES string of the molecule is O=C(NNc1ccccc1C(F)(F)F)c1ccc(S(=O)(=O)Nc2ccc(F)cc2)cc1. The monoisotopic (exact) mass is 453 g/mol. The van der Waals surface area contributed by atoms with Crippen LogP contribution in [0.25, 0.3) is 0 Å². The molecule has 0 aliphatic heterocycles. The lowest BCUT2D eigenvalue weighted by atomic mass is 10.2. The lowest BCUT2D eigenvalue weighted by molar-refractivity contribution is -0.137. The highest BCUT2D eigenvalue weighted by Crippen LogP contribution is 2.34. The fourth-order valence-corrected chi connectivity index (χ4v) is 3.61. The van der Waals surface area contributed by atoms with Gasteiger partial charge < -0.3 is 0 Å². The first kappa shape index (κ1) is 22.1. The maximum Gasteiger partial charge on any atom is 0.418 e. The number of rotatable bonds is 6. The molecule has 3 aromatic carbocycles. The third-order valence-electron chi connectivity index (χ3n) is 4.07. The van der Waals surface area contributed by atoms with Crippen LogP contribution in [0.3, 0.4) is 0 Å². The van der Waals surface area contributed by atoms with Crippen molar-refractivity contribution in [3.8, 4) is 0 Å². The van der Waals surface area contributed by atoms with E-state index in [0.717, 1.165) is 36.4 Å². The van der Waals surface area contributed by atoms with E-state index in [4.69, 9.17) is 0 Å². The van der Waals surface area contributed by atoms with Gasteiger partial charge in [0, 0.05) is 11.3 Å². The van der Waals surface area contributed by atoms with Crippen LogP contribution in [0.4, 0.5) is 28.9 Å². The van der Waals surface area contributed by atoms with E-state index >= 15 is 0 Å². The summed E-state index contributed by atoms with van der Waals surface area (Å²) in [5.74, 6) is -1.29. The molecule has 11 heteroatoms. The second kappa shape index (κ2) is 8.64. The van der Waals surface area contributed by atoms with Gasteiger partial charge in [-0.1, -0.05) is 12.1 Å². The van der Waals surface area contributed by atoms with E-state index in [2.05, 4.69) is 15.6 Å². The normalized spacial score (nSPS) is 11.6. The second-order valence-corrected chi connectivity index (χ2v) is 7.94. The lowest BCUT2D eigenvalue weighted by Gasteiger charge is -2.15. The predicted octanol–water partition coefficient (Wildman–Crippen LogP) is 4.40. The van der Waals surface area contributed by atoms with Crippen molar-refractivity contribution in [2.24, 2.45) is 0 Å². The zero-order chi connectivity index (χ0) is 22.6. The van der Waals surface area contributed by atoms with Gasteiger partial charge in [0.05, 0.1) is 16.1 Å². The zero-order valence-electron chi connectivity index (χ0n) is 15.6. The van der Waals surface area contributed by atoms with Crippen LogP contribution in [-0.2, 0) is 16.2 Å². The average molecular weight is 453 g/mol. The van der Waals surface area contributed by atoms with Gasteiger partial charge in [0.15, 0.2) is 0 Å². The molecule has 0 bridgehead atoms. The number of halogens is 4. The summed E-state index contributed by atoms with van der Waals surface area (Å²) in [6.07, 6.45) is -4.61. The van der Waals surface area contributed by atoms with Crippen molar-refractivity contribution in [3.05, 3.63) is 89.7 Å². The Morgan fingerprint density at radius 2 is 1.45 bits per heavy atom. The van der Waals surface area contributed by atoms with Gasteiger partial charge in [-0.2, -0.15) is 13.2 Å². The smallest absolute Gasteiger partial charge is 0.298 e. The van der Waals surface area contributed by atoms with E-state index in [1.807, 2.05) is 0 Å². The lowest BCUT2D eigenvalue weighted by Crippen LogP contribution is -2.30. The van der Waals surface area contributed by atoms with Gasteiger partial charge in [0.2, 0.25) is 0 Å². The summed E-state index contributed by atoms with van der Waals surface area (Å²) in [5, 5.41) is 0. The van der Waals surface area contributed by atoms with Gasteiger partial charge in [0.25, 0.3) is 15.9 Å².